The lowest BCUT2D eigenvalue weighted by molar-refractivity contribution is 0.0484. The fraction of sp³-hybridized carbons (Fsp3) is 0.409. The molecule has 0 unspecified atom stereocenters. The van der Waals surface area contributed by atoms with Crippen molar-refractivity contribution in [3.05, 3.63) is 65.5 Å². The van der Waals surface area contributed by atoms with Crippen molar-refractivity contribution in [2.24, 2.45) is 0 Å². The molecule has 1 aromatic carbocycles. The maximum absolute atomic E-state index is 12.1. The first kappa shape index (κ1) is 20.6. The molecule has 144 valence electrons. The molecule has 2 rings (SSSR count). The van der Waals surface area contributed by atoms with Gasteiger partial charge in [-0.15, -0.1) is 0 Å². The van der Waals surface area contributed by atoms with Gasteiger partial charge in [0.05, 0.1) is 13.2 Å². The molecule has 27 heavy (non-hydrogen) atoms. The molecule has 0 bridgehead atoms. The van der Waals surface area contributed by atoms with E-state index in [0.29, 0.717) is 13.2 Å². The Labute approximate surface area is 160 Å². The minimum atomic E-state index is -0.527. The minimum Gasteiger partial charge on any atom is -0.461 e. The SMILES string of the molecule is CCCCCCOC(=O)c1cccc(C(=O)OCCCc2ccccc2)n1. The number of ether oxygens (including phenoxy) is 2. The minimum absolute atomic E-state index is 0.121. The number of rotatable bonds is 11. The van der Waals surface area contributed by atoms with Crippen LogP contribution in [0.3, 0.4) is 0 Å². The van der Waals surface area contributed by atoms with E-state index in [1.165, 1.54) is 11.6 Å². The summed E-state index contributed by atoms with van der Waals surface area (Å²) in [6.07, 6.45) is 5.70. The van der Waals surface area contributed by atoms with Crippen molar-refractivity contribution in [1.82, 2.24) is 4.98 Å². The molecular formula is C22H27NO4. The Kier molecular flexibility index (Phi) is 9.04. The number of carbonyl (C=O) groups excluding carboxylic acids is 2. The first-order chi connectivity index (χ1) is 13.2. The van der Waals surface area contributed by atoms with Gasteiger partial charge in [0, 0.05) is 0 Å². The Morgan fingerprint density at radius 1 is 0.778 bits per heavy atom. The number of hydrogen-bond acceptors (Lipinski definition) is 5. The van der Waals surface area contributed by atoms with E-state index in [9.17, 15) is 9.59 Å². The predicted octanol–water partition coefficient (Wildman–Crippen LogP) is 4.61. The lowest BCUT2D eigenvalue weighted by Crippen LogP contribution is -2.13. The highest BCUT2D eigenvalue weighted by Gasteiger charge is 2.14. The van der Waals surface area contributed by atoms with Crippen molar-refractivity contribution in [2.45, 2.75) is 45.4 Å². The van der Waals surface area contributed by atoms with Crippen LogP contribution >= 0.6 is 0 Å². The number of pyridine rings is 1. The number of carbonyl (C=O) groups is 2. The number of unbranched alkanes of at least 4 members (excludes halogenated alkanes) is 3. The summed E-state index contributed by atoms with van der Waals surface area (Å²) in [5.74, 6) is -1.04. The van der Waals surface area contributed by atoms with Gasteiger partial charge >= 0.3 is 11.9 Å². The number of hydrogen-bond donors (Lipinski definition) is 0. The van der Waals surface area contributed by atoms with E-state index in [-0.39, 0.29) is 11.4 Å². The van der Waals surface area contributed by atoms with Gasteiger partial charge in [0.15, 0.2) is 0 Å². The van der Waals surface area contributed by atoms with Crippen molar-refractivity contribution >= 4 is 11.9 Å². The monoisotopic (exact) mass is 369 g/mol. The second kappa shape index (κ2) is 11.8. The molecule has 0 aliphatic carbocycles. The van der Waals surface area contributed by atoms with Crippen LogP contribution in [0.2, 0.25) is 0 Å². The Morgan fingerprint density at radius 2 is 1.41 bits per heavy atom. The topological polar surface area (TPSA) is 65.5 Å². The molecule has 0 aliphatic heterocycles. The number of benzene rings is 1. The van der Waals surface area contributed by atoms with Gasteiger partial charge < -0.3 is 9.47 Å². The molecular weight excluding hydrogens is 342 g/mol. The summed E-state index contributed by atoms with van der Waals surface area (Å²) in [4.78, 5) is 28.2. The Morgan fingerprint density at radius 3 is 2.04 bits per heavy atom. The second-order valence-corrected chi connectivity index (χ2v) is 6.33. The highest BCUT2D eigenvalue weighted by molar-refractivity contribution is 5.91. The average Bonchev–Trinajstić information content (AvgIpc) is 2.71. The zero-order valence-corrected chi connectivity index (χ0v) is 15.9. The van der Waals surface area contributed by atoms with Crippen molar-refractivity contribution in [2.75, 3.05) is 13.2 Å². The van der Waals surface area contributed by atoms with Crippen LogP contribution in [-0.2, 0) is 15.9 Å². The molecule has 0 atom stereocenters. The lowest BCUT2D eigenvalue weighted by atomic mass is 10.1. The van der Waals surface area contributed by atoms with Crippen LogP contribution < -0.4 is 0 Å². The maximum atomic E-state index is 12.1. The summed E-state index contributed by atoms with van der Waals surface area (Å²) in [7, 11) is 0. The van der Waals surface area contributed by atoms with Crippen LogP contribution in [0.4, 0.5) is 0 Å². The van der Waals surface area contributed by atoms with Crippen molar-refractivity contribution in [3.8, 4) is 0 Å². The van der Waals surface area contributed by atoms with Crippen molar-refractivity contribution in [1.29, 1.82) is 0 Å². The summed E-state index contributed by atoms with van der Waals surface area (Å²) >= 11 is 0. The third-order valence-electron chi connectivity index (χ3n) is 4.08. The first-order valence-corrected chi connectivity index (χ1v) is 9.56. The highest BCUT2D eigenvalue weighted by Crippen LogP contribution is 2.07. The second-order valence-electron chi connectivity index (χ2n) is 6.33. The molecule has 2 aromatic rings. The van der Waals surface area contributed by atoms with E-state index in [0.717, 1.165) is 38.5 Å². The van der Waals surface area contributed by atoms with Gasteiger partial charge in [0.1, 0.15) is 11.4 Å². The fourth-order valence-electron chi connectivity index (χ4n) is 2.59. The van der Waals surface area contributed by atoms with E-state index in [2.05, 4.69) is 11.9 Å². The van der Waals surface area contributed by atoms with E-state index in [1.54, 1.807) is 12.1 Å². The van der Waals surface area contributed by atoms with Gasteiger partial charge in [-0.05, 0) is 37.0 Å². The van der Waals surface area contributed by atoms with Gasteiger partial charge in [-0.25, -0.2) is 14.6 Å². The van der Waals surface area contributed by atoms with E-state index in [4.69, 9.17) is 9.47 Å². The molecule has 1 heterocycles. The van der Waals surface area contributed by atoms with Crippen LogP contribution in [0.15, 0.2) is 48.5 Å². The number of aromatic nitrogens is 1. The standard InChI is InChI=1S/C22H27NO4/c1-2-3-4-8-16-26-21(24)19-14-9-15-20(23-19)22(25)27-17-10-13-18-11-6-5-7-12-18/h5-7,9,11-12,14-15H,2-4,8,10,13,16-17H2,1H3. The van der Waals surface area contributed by atoms with Gasteiger partial charge in [0.25, 0.3) is 0 Å². The quantitative estimate of drug-likeness (QED) is 0.427. The van der Waals surface area contributed by atoms with Crippen molar-refractivity contribution in [3.63, 3.8) is 0 Å². The molecule has 5 nitrogen and oxygen atoms in total. The van der Waals surface area contributed by atoms with Gasteiger partial charge in [-0.3, -0.25) is 0 Å². The Bertz CT molecular complexity index is 715. The molecule has 0 aliphatic rings. The average molecular weight is 369 g/mol. The molecule has 1 aromatic heterocycles. The third kappa shape index (κ3) is 7.60. The Balaban J connectivity index is 1.76. The van der Waals surface area contributed by atoms with Gasteiger partial charge in [0.2, 0.25) is 0 Å². The maximum Gasteiger partial charge on any atom is 0.356 e. The summed E-state index contributed by atoms with van der Waals surface area (Å²) in [5.41, 5.74) is 1.45. The largest absolute Gasteiger partial charge is 0.461 e. The zero-order chi connectivity index (χ0) is 19.3. The third-order valence-corrected chi connectivity index (χ3v) is 4.08. The first-order valence-electron chi connectivity index (χ1n) is 9.56. The summed E-state index contributed by atoms with van der Waals surface area (Å²) < 4.78 is 10.5. The van der Waals surface area contributed by atoms with Crippen LogP contribution in [0.1, 0.15) is 65.6 Å². The van der Waals surface area contributed by atoms with Crippen molar-refractivity contribution < 1.29 is 19.1 Å². The number of nitrogens with zero attached hydrogens (tertiary/aromatic N) is 1. The van der Waals surface area contributed by atoms with Gasteiger partial charge in [-0.2, -0.15) is 0 Å². The molecule has 0 radical (unpaired) electrons. The highest BCUT2D eigenvalue weighted by atomic mass is 16.5. The normalized spacial score (nSPS) is 10.4. The lowest BCUT2D eigenvalue weighted by Gasteiger charge is -2.07. The molecule has 0 amide bonds. The Hall–Kier alpha value is -2.69. The van der Waals surface area contributed by atoms with E-state index >= 15 is 0 Å². The fourth-order valence-corrected chi connectivity index (χ4v) is 2.59. The molecule has 5 heteroatoms. The van der Waals surface area contributed by atoms with Gasteiger partial charge in [-0.1, -0.05) is 62.6 Å². The summed E-state index contributed by atoms with van der Waals surface area (Å²) in [6, 6.07) is 14.7. The molecule has 0 saturated carbocycles. The van der Waals surface area contributed by atoms with E-state index in [1.807, 2.05) is 30.3 Å². The van der Waals surface area contributed by atoms with Crippen LogP contribution in [-0.4, -0.2) is 30.1 Å². The summed E-state index contributed by atoms with van der Waals surface area (Å²) in [5, 5.41) is 0. The molecule has 0 fully saturated rings. The number of aryl methyl sites for hydroxylation is 1. The molecule has 0 N–H and O–H groups in total. The molecule has 0 saturated heterocycles. The summed E-state index contributed by atoms with van der Waals surface area (Å²) in [6.45, 7) is 2.80. The van der Waals surface area contributed by atoms with Crippen LogP contribution in [0.25, 0.3) is 0 Å². The predicted molar refractivity (Wildman–Crippen MR) is 104 cm³/mol. The molecule has 0 spiro atoms. The van der Waals surface area contributed by atoms with E-state index < -0.39 is 11.9 Å². The smallest absolute Gasteiger partial charge is 0.356 e. The zero-order valence-electron chi connectivity index (χ0n) is 15.9. The number of esters is 2. The van der Waals surface area contributed by atoms with Crippen LogP contribution in [0, 0.1) is 0 Å². The van der Waals surface area contributed by atoms with Crippen LogP contribution in [0.5, 0.6) is 0 Å².